The molecule has 1 unspecified atom stereocenters. The van der Waals surface area contributed by atoms with Gasteiger partial charge in [0.2, 0.25) is 0 Å². The molecule has 0 bridgehead atoms. The van der Waals surface area contributed by atoms with Crippen LogP contribution in [-0.4, -0.2) is 49.3 Å². The number of nitro benzene ring substituents is 1. The van der Waals surface area contributed by atoms with Crippen LogP contribution in [0.25, 0.3) is 0 Å². The normalized spacial score (nSPS) is 13.8. The minimum absolute atomic E-state index is 0.108. The monoisotopic (exact) mass is 508 g/mol. The standard InChI is InChI=1S/C12H12FNO5.C12H14FNO3/c1-2-18-12(15)4-3-7-19-11-8-9(13)5-6-10(11)14(16)17;1-2-16-12(15)6-9-7-17-11-5-8(13)3-4-10(11)14-9/h3-6,8H,2,7H2,1H3;3-5,9,14H,2,6-7H2,1H3/b4-3+;. The Bertz CT molecular complexity index is 1090. The van der Waals surface area contributed by atoms with Crippen molar-refractivity contribution in [1.29, 1.82) is 0 Å². The molecule has 1 heterocycles. The fraction of sp³-hybridized carbons (Fsp3) is 0.333. The number of halogens is 2. The summed E-state index contributed by atoms with van der Waals surface area (Å²) in [5.74, 6) is -1.51. The van der Waals surface area contributed by atoms with Crippen LogP contribution in [-0.2, 0) is 19.1 Å². The van der Waals surface area contributed by atoms with Crippen molar-refractivity contribution in [1.82, 2.24) is 0 Å². The number of carbonyl (C=O) groups is 2. The zero-order chi connectivity index (χ0) is 26.5. The molecule has 1 aliphatic rings. The molecule has 0 saturated carbocycles. The Morgan fingerprint density at radius 1 is 1.14 bits per heavy atom. The van der Waals surface area contributed by atoms with Gasteiger partial charge >= 0.3 is 17.6 Å². The van der Waals surface area contributed by atoms with Crippen molar-refractivity contribution in [2.45, 2.75) is 26.3 Å². The van der Waals surface area contributed by atoms with Crippen LogP contribution < -0.4 is 14.8 Å². The van der Waals surface area contributed by atoms with Crippen LogP contribution >= 0.6 is 0 Å². The van der Waals surface area contributed by atoms with E-state index in [0.29, 0.717) is 24.7 Å². The molecule has 0 saturated heterocycles. The van der Waals surface area contributed by atoms with Crippen LogP contribution in [0.4, 0.5) is 20.2 Å². The highest BCUT2D eigenvalue weighted by atomic mass is 19.1. The maximum absolute atomic E-state index is 13.0. The molecule has 3 rings (SSSR count). The summed E-state index contributed by atoms with van der Waals surface area (Å²) in [6.45, 7) is 4.27. The van der Waals surface area contributed by atoms with E-state index in [-0.39, 0.29) is 48.9 Å². The second kappa shape index (κ2) is 14.2. The van der Waals surface area contributed by atoms with Gasteiger partial charge in [0.1, 0.15) is 30.6 Å². The topological polar surface area (TPSA) is 126 Å². The summed E-state index contributed by atoms with van der Waals surface area (Å²) in [4.78, 5) is 32.2. The van der Waals surface area contributed by atoms with Gasteiger partial charge in [-0.05, 0) is 38.1 Å². The van der Waals surface area contributed by atoms with Crippen molar-refractivity contribution >= 4 is 23.3 Å². The number of nitro groups is 1. The van der Waals surface area contributed by atoms with E-state index in [1.807, 2.05) is 0 Å². The van der Waals surface area contributed by atoms with Crippen molar-refractivity contribution in [3.63, 3.8) is 0 Å². The summed E-state index contributed by atoms with van der Waals surface area (Å²) in [6.07, 6.45) is 2.70. The number of carbonyl (C=O) groups excluding carboxylic acids is 2. The van der Waals surface area contributed by atoms with Crippen LogP contribution in [0.2, 0.25) is 0 Å². The fourth-order valence-electron chi connectivity index (χ4n) is 2.94. The highest BCUT2D eigenvalue weighted by Gasteiger charge is 2.22. The highest BCUT2D eigenvalue weighted by Crippen LogP contribution is 2.30. The largest absolute Gasteiger partial charge is 0.489 e. The zero-order valence-corrected chi connectivity index (χ0v) is 19.7. The third-order valence-electron chi connectivity index (χ3n) is 4.46. The summed E-state index contributed by atoms with van der Waals surface area (Å²) in [7, 11) is 0. The molecule has 0 amide bonds. The predicted octanol–water partition coefficient (Wildman–Crippen LogP) is 4.18. The predicted molar refractivity (Wildman–Crippen MR) is 125 cm³/mol. The summed E-state index contributed by atoms with van der Waals surface area (Å²) in [5, 5.41) is 13.8. The maximum atomic E-state index is 13.0. The fourth-order valence-corrected chi connectivity index (χ4v) is 2.94. The van der Waals surface area contributed by atoms with E-state index >= 15 is 0 Å². The number of nitrogens with one attached hydrogen (secondary N) is 1. The molecule has 2 aromatic carbocycles. The molecule has 12 heteroatoms. The number of fused-ring (bicyclic) bond motifs is 1. The van der Waals surface area contributed by atoms with Crippen LogP contribution in [0.5, 0.6) is 11.5 Å². The first-order chi connectivity index (χ1) is 17.2. The van der Waals surface area contributed by atoms with Crippen molar-refractivity contribution < 1.29 is 42.2 Å². The van der Waals surface area contributed by atoms with E-state index in [1.165, 1.54) is 18.2 Å². The first-order valence-corrected chi connectivity index (χ1v) is 11.0. The number of benzene rings is 2. The number of hydrogen-bond donors (Lipinski definition) is 1. The average molecular weight is 508 g/mol. The Morgan fingerprint density at radius 3 is 2.53 bits per heavy atom. The molecular formula is C24H26F2N2O8. The third-order valence-corrected chi connectivity index (χ3v) is 4.46. The van der Waals surface area contributed by atoms with Gasteiger partial charge in [-0.25, -0.2) is 13.6 Å². The Labute approximate surface area is 205 Å². The van der Waals surface area contributed by atoms with Gasteiger partial charge in [-0.15, -0.1) is 0 Å². The number of ether oxygens (including phenoxy) is 4. The third kappa shape index (κ3) is 9.20. The molecule has 194 valence electrons. The number of rotatable bonds is 9. The van der Waals surface area contributed by atoms with Gasteiger partial charge in [0.25, 0.3) is 0 Å². The van der Waals surface area contributed by atoms with Crippen molar-refractivity contribution in [3.05, 3.63) is 70.3 Å². The van der Waals surface area contributed by atoms with Crippen LogP contribution in [0.1, 0.15) is 20.3 Å². The summed E-state index contributed by atoms with van der Waals surface area (Å²) < 4.78 is 45.8. The molecule has 10 nitrogen and oxygen atoms in total. The lowest BCUT2D eigenvalue weighted by molar-refractivity contribution is -0.385. The molecule has 0 fully saturated rings. The zero-order valence-electron chi connectivity index (χ0n) is 19.7. The second-order valence-electron chi connectivity index (χ2n) is 7.14. The van der Waals surface area contributed by atoms with E-state index in [4.69, 9.17) is 14.2 Å². The molecule has 2 aromatic rings. The van der Waals surface area contributed by atoms with Crippen LogP contribution in [0.15, 0.2) is 48.6 Å². The summed E-state index contributed by atoms with van der Waals surface area (Å²) >= 11 is 0. The summed E-state index contributed by atoms with van der Waals surface area (Å²) in [6, 6.07) is 7.04. The van der Waals surface area contributed by atoms with Gasteiger partial charge in [-0.1, -0.05) is 0 Å². The van der Waals surface area contributed by atoms with Crippen molar-refractivity contribution in [2.75, 3.05) is 31.7 Å². The smallest absolute Gasteiger partial charge is 0.330 e. The molecule has 1 aliphatic heterocycles. The molecule has 1 atom stereocenters. The number of esters is 2. The highest BCUT2D eigenvalue weighted by molar-refractivity contribution is 5.81. The first kappa shape index (κ1) is 28.0. The molecule has 0 aliphatic carbocycles. The lowest BCUT2D eigenvalue weighted by atomic mass is 10.1. The van der Waals surface area contributed by atoms with E-state index in [0.717, 1.165) is 24.3 Å². The van der Waals surface area contributed by atoms with Gasteiger partial charge in [0.15, 0.2) is 5.75 Å². The maximum Gasteiger partial charge on any atom is 0.330 e. The molecular weight excluding hydrogens is 482 g/mol. The molecule has 1 N–H and O–H groups in total. The Hall–Kier alpha value is -4.22. The average Bonchev–Trinajstić information content (AvgIpc) is 2.82. The van der Waals surface area contributed by atoms with Crippen LogP contribution in [0, 0.1) is 21.7 Å². The van der Waals surface area contributed by atoms with E-state index in [2.05, 4.69) is 10.1 Å². The number of nitrogens with zero attached hydrogens (tertiary/aromatic N) is 1. The lowest BCUT2D eigenvalue weighted by Gasteiger charge is -2.26. The molecule has 0 spiro atoms. The Balaban J connectivity index is 0.000000255. The van der Waals surface area contributed by atoms with Gasteiger partial charge in [0.05, 0.1) is 36.3 Å². The van der Waals surface area contributed by atoms with Gasteiger partial charge in [-0.3, -0.25) is 14.9 Å². The van der Waals surface area contributed by atoms with E-state index in [1.54, 1.807) is 19.9 Å². The molecule has 36 heavy (non-hydrogen) atoms. The van der Waals surface area contributed by atoms with Gasteiger partial charge < -0.3 is 24.3 Å². The number of hydrogen-bond acceptors (Lipinski definition) is 9. The van der Waals surface area contributed by atoms with Gasteiger partial charge in [0, 0.05) is 24.3 Å². The van der Waals surface area contributed by atoms with Crippen molar-refractivity contribution in [3.8, 4) is 11.5 Å². The SMILES string of the molecule is CCOC(=O)/C=C/COc1cc(F)ccc1[N+](=O)[O-].CCOC(=O)CC1COc2cc(F)ccc2N1. The molecule has 0 aromatic heterocycles. The Kier molecular flexibility index (Phi) is 11.1. The quantitative estimate of drug-likeness (QED) is 0.230. The first-order valence-electron chi connectivity index (χ1n) is 11.0. The minimum Gasteiger partial charge on any atom is -0.489 e. The van der Waals surface area contributed by atoms with E-state index in [9.17, 15) is 28.5 Å². The lowest BCUT2D eigenvalue weighted by Crippen LogP contribution is -2.34. The summed E-state index contributed by atoms with van der Waals surface area (Å²) in [5.41, 5.74) is 0.359. The van der Waals surface area contributed by atoms with Crippen molar-refractivity contribution in [2.24, 2.45) is 0 Å². The minimum atomic E-state index is -0.677. The van der Waals surface area contributed by atoms with Gasteiger partial charge in [-0.2, -0.15) is 0 Å². The molecule has 0 radical (unpaired) electrons. The second-order valence-corrected chi connectivity index (χ2v) is 7.14. The van der Waals surface area contributed by atoms with E-state index < -0.39 is 16.7 Å². The Morgan fingerprint density at radius 2 is 1.83 bits per heavy atom. The van der Waals surface area contributed by atoms with Crippen LogP contribution in [0.3, 0.4) is 0 Å². The number of anilines is 1.